The molecule has 0 saturated carbocycles. The summed E-state index contributed by atoms with van der Waals surface area (Å²) in [4.78, 5) is 7.20. The number of nitrogens with zero attached hydrogens (tertiary/aromatic N) is 2. The first-order valence-corrected chi connectivity index (χ1v) is 9.55. The minimum atomic E-state index is 0.565. The van der Waals surface area contributed by atoms with Crippen LogP contribution < -0.4 is 11.1 Å². The van der Waals surface area contributed by atoms with E-state index in [0.29, 0.717) is 17.9 Å². The van der Waals surface area contributed by atoms with Crippen molar-refractivity contribution >= 4 is 11.6 Å². The zero-order valence-electron chi connectivity index (χ0n) is 15.2. The zero-order chi connectivity index (χ0) is 16.9. The number of aryl methyl sites for hydroxylation is 1. The second-order valence-electron chi connectivity index (χ2n) is 7.60. The number of anilines is 1. The third kappa shape index (κ3) is 4.29. The highest BCUT2D eigenvalue weighted by atomic mass is 15.2. The van der Waals surface area contributed by atoms with Gasteiger partial charge in [0.05, 0.1) is 0 Å². The molecule has 1 aromatic carbocycles. The molecule has 132 valence electrons. The lowest BCUT2D eigenvalue weighted by atomic mass is 9.90. The Balaban J connectivity index is 1.59. The third-order valence-electron chi connectivity index (χ3n) is 5.46. The van der Waals surface area contributed by atoms with Crippen molar-refractivity contribution in [3.8, 4) is 0 Å². The molecule has 1 atom stereocenters. The minimum absolute atomic E-state index is 0.565. The molecular weight excluding hydrogens is 296 g/mol. The molecule has 1 heterocycles. The summed E-state index contributed by atoms with van der Waals surface area (Å²) in [6.45, 7) is 7.76. The molecule has 1 saturated heterocycles. The number of nitrogens with one attached hydrogen (secondary N) is 1. The molecule has 2 aliphatic rings. The SMILES string of the molecule is CC(C)N1CCCC(CN=C(N)Nc2cccc3c2CCCC3)C1. The Kier molecular flexibility index (Phi) is 5.77. The highest BCUT2D eigenvalue weighted by Gasteiger charge is 2.21. The quantitative estimate of drug-likeness (QED) is 0.658. The molecule has 3 N–H and O–H groups in total. The molecule has 0 amide bonds. The second kappa shape index (κ2) is 8.02. The van der Waals surface area contributed by atoms with Gasteiger partial charge in [-0.25, -0.2) is 0 Å². The van der Waals surface area contributed by atoms with Gasteiger partial charge in [0.1, 0.15) is 0 Å². The summed E-state index contributed by atoms with van der Waals surface area (Å²) in [5, 5.41) is 3.36. The maximum Gasteiger partial charge on any atom is 0.193 e. The van der Waals surface area contributed by atoms with Gasteiger partial charge in [0.2, 0.25) is 0 Å². The monoisotopic (exact) mass is 328 g/mol. The van der Waals surface area contributed by atoms with Crippen LogP contribution in [0.1, 0.15) is 50.7 Å². The van der Waals surface area contributed by atoms with Crippen LogP contribution in [0.2, 0.25) is 0 Å². The van der Waals surface area contributed by atoms with Gasteiger partial charge < -0.3 is 16.0 Å². The number of guanidine groups is 1. The summed E-state index contributed by atoms with van der Waals surface area (Å²) < 4.78 is 0. The predicted octanol–water partition coefficient (Wildman–Crippen LogP) is 3.41. The van der Waals surface area contributed by atoms with Gasteiger partial charge in [-0.3, -0.25) is 4.99 Å². The van der Waals surface area contributed by atoms with E-state index in [4.69, 9.17) is 5.73 Å². The van der Waals surface area contributed by atoms with E-state index in [1.165, 1.54) is 49.8 Å². The summed E-state index contributed by atoms with van der Waals surface area (Å²) in [6.07, 6.45) is 7.45. The van der Waals surface area contributed by atoms with E-state index in [2.05, 4.69) is 47.3 Å². The van der Waals surface area contributed by atoms with Crippen molar-refractivity contribution < 1.29 is 0 Å². The zero-order valence-corrected chi connectivity index (χ0v) is 15.2. The lowest BCUT2D eigenvalue weighted by molar-refractivity contribution is 0.143. The number of likely N-dealkylation sites (tertiary alicyclic amines) is 1. The molecule has 1 aliphatic heterocycles. The maximum absolute atomic E-state index is 6.18. The number of hydrogen-bond donors (Lipinski definition) is 2. The Morgan fingerprint density at radius 1 is 1.29 bits per heavy atom. The van der Waals surface area contributed by atoms with E-state index < -0.39 is 0 Å². The Labute approximate surface area is 146 Å². The highest BCUT2D eigenvalue weighted by molar-refractivity contribution is 5.93. The maximum atomic E-state index is 6.18. The molecule has 24 heavy (non-hydrogen) atoms. The Bertz CT molecular complexity index is 579. The van der Waals surface area contributed by atoms with Gasteiger partial charge in [-0.15, -0.1) is 0 Å². The molecule has 1 aliphatic carbocycles. The van der Waals surface area contributed by atoms with E-state index in [1.54, 1.807) is 0 Å². The van der Waals surface area contributed by atoms with Crippen LogP contribution in [0.15, 0.2) is 23.2 Å². The first-order chi connectivity index (χ1) is 11.6. The molecule has 1 aromatic rings. The van der Waals surface area contributed by atoms with Gasteiger partial charge >= 0.3 is 0 Å². The summed E-state index contributed by atoms with van der Waals surface area (Å²) in [6, 6.07) is 7.13. The summed E-state index contributed by atoms with van der Waals surface area (Å²) in [5.41, 5.74) is 10.2. The van der Waals surface area contributed by atoms with Crippen LogP contribution >= 0.6 is 0 Å². The van der Waals surface area contributed by atoms with E-state index in [9.17, 15) is 0 Å². The second-order valence-corrected chi connectivity index (χ2v) is 7.60. The predicted molar refractivity (Wildman–Crippen MR) is 103 cm³/mol. The van der Waals surface area contributed by atoms with Gasteiger partial charge in [-0.05, 0) is 82.0 Å². The van der Waals surface area contributed by atoms with E-state index in [1.807, 2.05) is 0 Å². The fraction of sp³-hybridized carbons (Fsp3) is 0.650. The van der Waals surface area contributed by atoms with Gasteiger partial charge in [-0.1, -0.05) is 12.1 Å². The normalized spacial score (nSPS) is 22.5. The lowest BCUT2D eigenvalue weighted by Crippen LogP contribution is -2.41. The van der Waals surface area contributed by atoms with Gasteiger partial charge in [-0.2, -0.15) is 0 Å². The van der Waals surface area contributed by atoms with Crippen LogP contribution in [0.3, 0.4) is 0 Å². The van der Waals surface area contributed by atoms with E-state index in [0.717, 1.165) is 25.2 Å². The summed E-state index contributed by atoms with van der Waals surface area (Å²) >= 11 is 0. The molecular formula is C20H32N4. The molecule has 4 heteroatoms. The fourth-order valence-electron chi connectivity index (χ4n) is 4.02. The smallest absolute Gasteiger partial charge is 0.193 e. The van der Waals surface area contributed by atoms with Crippen LogP contribution in [0.25, 0.3) is 0 Å². The first-order valence-electron chi connectivity index (χ1n) is 9.55. The molecule has 1 unspecified atom stereocenters. The Morgan fingerprint density at radius 2 is 2.12 bits per heavy atom. The van der Waals surface area contributed by atoms with Crippen LogP contribution in [0.4, 0.5) is 5.69 Å². The van der Waals surface area contributed by atoms with Crippen molar-refractivity contribution in [1.29, 1.82) is 0 Å². The van der Waals surface area contributed by atoms with Crippen molar-refractivity contribution in [3.05, 3.63) is 29.3 Å². The minimum Gasteiger partial charge on any atom is -0.370 e. The number of rotatable bonds is 4. The molecule has 0 radical (unpaired) electrons. The molecule has 0 aromatic heterocycles. The average Bonchev–Trinajstić information content (AvgIpc) is 2.60. The van der Waals surface area contributed by atoms with Crippen molar-refractivity contribution in [2.24, 2.45) is 16.6 Å². The van der Waals surface area contributed by atoms with Gasteiger partial charge in [0.15, 0.2) is 5.96 Å². The van der Waals surface area contributed by atoms with Crippen LogP contribution in [0.5, 0.6) is 0 Å². The topological polar surface area (TPSA) is 53.6 Å². The van der Waals surface area contributed by atoms with E-state index in [-0.39, 0.29) is 0 Å². The molecule has 1 fully saturated rings. The van der Waals surface area contributed by atoms with Gasteiger partial charge in [0.25, 0.3) is 0 Å². The summed E-state index contributed by atoms with van der Waals surface area (Å²) in [5.74, 6) is 1.20. The van der Waals surface area contributed by atoms with Gasteiger partial charge in [0, 0.05) is 24.8 Å². The average molecular weight is 329 g/mol. The number of benzene rings is 1. The van der Waals surface area contributed by atoms with E-state index >= 15 is 0 Å². The fourth-order valence-corrected chi connectivity index (χ4v) is 4.02. The van der Waals surface area contributed by atoms with Crippen molar-refractivity contribution in [3.63, 3.8) is 0 Å². The highest BCUT2D eigenvalue weighted by Crippen LogP contribution is 2.27. The number of fused-ring (bicyclic) bond motifs is 1. The van der Waals surface area contributed by atoms with Crippen molar-refractivity contribution in [1.82, 2.24) is 4.90 Å². The first kappa shape index (κ1) is 17.3. The van der Waals surface area contributed by atoms with Crippen molar-refractivity contribution in [2.75, 3.05) is 25.0 Å². The van der Waals surface area contributed by atoms with Crippen LogP contribution in [-0.2, 0) is 12.8 Å². The molecule has 0 spiro atoms. The molecule has 0 bridgehead atoms. The van der Waals surface area contributed by atoms with Crippen LogP contribution in [-0.4, -0.2) is 36.5 Å². The number of aliphatic imine (C=N–C) groups is 1. The molecule has 4 nitrogen and oxygen atoms in total. The van der Waals surface area contributed by atoms with Crippen LogP contribution in [0, 0.1) is 5.92 Å². The third-order valence-corrected chi connectivity index (χ3v) is 5.46. The summed E-state index contributed by atoms with van der Waals surface area (Å²) in [7, 11) is 0. The Morgan fingerprint density at radius 3 is 2.96 bits per heavy atom. The standard InChI is InChI=1S/C20H32N4/c1-15(2)24-12-6-7-16(14-24)13-22-20(21)23-19-11-5-9-17-8-3-4-10-18(17)19/h5,9,11,15-16H,3-4,6-8,10,12-14H2,1-2H3,(H3,21,22,23). The largest absolute Gasteiger partial charge is 0.370 e. The molecule has 3 rings (SSSR count). The van der Waals surface area contributed by atoms with Crippen molar-refractivity contribution in [2.45, 2.75) is 58.4 Å². The number of piperidine rings is 1. The Hall–Kier alpha value is -1.55. The lowest BCUT2D eigenvalue weighted by Gasteiger charge is -2.34. The number of hydrogen-bond acceptors (Lipinski definition) is 2. The number of nitrogens with two attached hydrogens (primary N) is 1.